The molecule has 3 aromatic rings. The number of aryl methyl sites for hydroxylation is 1. The lowest BCUT2D eigenvalue weighted by Crippen LogP contribution is -2.06. The van der Waals surface area contributed by atoms with Crippen LogP contribution in [0, 0.1) is 6.92 Å². The van der Waals surface area contributed by atoms with Crippen LogP contribution in [0.2, 0.25) is 5.28 Å². The Kier molecular flexibility index (Phi) is 2.35. The van der Waals surface area contributed by atoms with E-state index in [2.05, 4.69) is 20.1 Å². The van der Waals surface area contributed by atoms with Gasteiger partial charge in [-0.1, -0.05) is 0 Å². The number of aromatic nitrogens is 5. The van der Waals surface area contributed by atoms with Crippen molar-refractivity contribution in [2.75, 3.05) is 11.5 Å². The average Bonchev–Trinajstić information content (AvgIpc) is 2.82. The van der Waals surface area contributed by atoms with E-state index in [1.807, 2.05) is 12.3 Å². The summed E-state index contributed by atoms with van der Waals surface area (Å²) in [5.41, 5.74) is 13.0. The van der Waals surface area contributed by atoms with Crippen LogP contribution in [0.5, 0.6) is 0 Å². The van der Waals surface area contributed by atoms with Gasteiger partial charge in [-0.05, 0) is 29.5 Å². The third-order valence-electron chi connectivity index (χ3n) is 2.40. The number of nitrogens with zero attached hydrogens (tertiary/aromatic N) is 5. The lowest BCUT2D eigenvalue weighted by Gasteiger charge is -2.03. The van der Waals surface area contributed by atoms with Gasteiger partial charge in [0.25, 0.3) is 0 Å². The molecule has 7 nitrogen and oxygen atoms in total. The number of halogens is 1. The maximum Gasteiger partial charge on any atom is 0.241 e. The van der Waals surface area contributed by atoms with Gasteiger partial charge in [-0.25, -0.2) is 4.98 Å². The van der Waals surface area contributed by atoms with E-state index in [9.17, 15) is 0 Å². The largest absolute Gasteiger partial charge is 0.368 e. The number of hydrogen-bond acceptors (Lipinski definition) is 7. The number of anilines is 2. The number of thiophene rings is 1. The van der Waals surface area contributed by atoms with Crippen molar-refractivity contribution in [3.63, 3.8) is 0 Å². The molecule has 0 atom stereocenters. The van der Waals surface area contributed by atoms with E-state index in [4.69, 9.17) is 23.1 Å². The highest BCUT2D eigenvalue weighted by molar-refractivity contribution is 7.17. The van der Waals surface area contributed by atoms with Crippen LogP contribution in [0.1, 0.15) is 5.56 Å². The molecule has 4 N–H and O–H groups in total. The van der Waals surface area contributed by atoms with Crippen LogP contribution in [0.4, 0.5) is 11.9 Å². The molecule has 18 heavy (non-hydrogen) atoms. The van der Waals surface area contributed by atoms with Gasteiger partial charge in [-0.2, -0.15) is 14.6 Å². The molecule has 0 saturated carbocycles. The summed E-state index contributed by atoms with van der Waals surface area (Å²) in [6, 6.07) is 0. The van der Waals surface area contributed by atoms with Gasteiger partial charge in [0, 0.05) is 0 Å². The maximum atomic E-state index is 5.91. The molecule has 0 aliphatic heterocycles. The minimum atomic E-state index is 0.0867. The molecule has 9 heteroatoms. The van der Waals surface area contributed by atoms with Gasteiger partial charge < -0.3 is 11.5 Å². The zero-order valence-electron chi connectivity index (χ0n) is 9.25. The maximum absolute atomic E-state index is 5.91. The Bertz CT molecular complexity index is 747. The summed E-state index contributed by atoms with van der Waals surface area (Å²) < 4.78 is 2.20. The molecule has 0 aliphatic rings. The number of fused-ring (bicyclic) bond motifs is 1. The topological polar surface area (TPSA) is 109 Å². The van der Waals surface area contributed by atoms with Crippen molar-refractivity contribution < 1.29 is 0 Å². The Balaban J connectivity index is 2.38. The van der Waals surface area contributed by atoms with E-state index >= 15 is 0 Å². The monoisotopic (exact) mass is 281 g/mol. The zero-order valence-corrected chi connectivity index (χ0v) is 10.8. The van der Waals surface area contributed by atoms with Crippen LogP contribution < -0.4 is 11.5 Å². The lowest BCUT2D eigenvalue weighted by atomic mass is 10.3. The summed E-state index contributed by atoms with van der Waals surface area (Å²) in [7, 11) is 0. The molecule has 3 rings (SSSR count). The highest BCUT2D eigenvalue weighted by Crippen LogP contribution is 2.30. The van der Waals surface area contributed by atoms with Crippen molar-refractivity contribution in [2.24, 2.45) is 0 Å². The molecule has 3 aromatic heterocycles. The Labute approximate surface area is 110 Å². The van der Waals surface area contributed by atoms with Gasteiger partial charge in [-0.3, -0.25) is 0 Å². The highest BCUT2D eigenvalue weighted by atomic mass is 35.5. The molecule has 0 amide bonds. The fourth-order valence-electron chi connectivity index (χ4n) is 1.63. The highest BCUT2D eigenvalue weighted by Gasteiger charge is 2.16. The van der Waals surface area contributed by atoms with E-state index in [1.54, 1.807) is 0 Å². The average molecular weight is 282 g/mol. The number of nitrogen functional groups attached to an aromatic ring is 2. The van der Waals surface area contributed by atoms with E-state index in [0.29, 0.717) is 5.82 Å². The Morgan fingerprint density at radius 1 is 1.28 bits per heavy atom. The summed E-state index contributed by atoms with van der Waals surface area (Å²) in [6.07, 6.45) is 0. The van der Waals surface area contributed by atoms with Crippen molar-refractivity contribution in [3.05, 3.63) is 16.2 Å². The molecular weight excluding hydrogens is 274 g/mol. The summed E-state index contributed by atoms with van der Waals surface area (Å²) in [5.74, 6) is 0.739. The van der Waals surface area contributed by atoms with Crippen LogP contribution in [0.3, 0.4) is 0 Å². The molecule has 0 aromatic carbocycles. The zero-order chi connectivity index (χ0) is 12.9. The molecule has 0 saturated heterocycles. The van der Waals surface area contributed by atoms with Gasteiger partial charge >= 0.3 is 0 Å². The van der Waals surface area contributed by atoms with Crippen molar-refractivity contribution in [1.82, 2.24) is 24.7 Å². The molecule has 0 bridgehead atoms. The van der Waals surface area contributed by atoms with E-state index in [1.165, 1.54) is 16.0 Å². The summed E-state index contributed by atoms with van der Waals surface area (Å²) in [6.45, 7) is 1.95. The standard InChI is InChI=1S/C9H8ClN7S/c1-3-2-18-5-4(3)13-7(10)14-6(5)17-9(12)15-8(11)16-17/h2H,1H3,(H4,11,12,15,16). The van der Waals surface area contributed by atoms with Gasteiger partial charge in [0.05, 0.1) is 10.2 Å². The van der Waals surface area contributed by atoms with Crippen molar-refractivity contribution in [2.45, 2.75) is 6.92 Å². The molecular formula is C9H8ClN7S. The van der Waals surface area contributed by atoms with E-state index < -0.39 is 0 Å². The Morgan fingerprint density at radius 3 is 2.72 bits per heavy atom. The number of hydrogen-bond donors (Lipinski definition) is 2. The minimum Gasteiger partial charge on any atom is -0.368 e. The van der Waals surface area contributed by atoms with Crippen LogP contribution in [0.15, 0.2) is 5.38 Å². The van der Waals surface area contributed by atoms with Crippen LogP contribution in [0.25, 0.3) is 16.0 Å². The van der Waals surface area contributed by atoms with Crippen LogP contribution >= 0.6 is 22.9 Å². The normalized spacial score (nSPS) is 11.2. The third kappa shape index (κ3) is 1.57. The van der Waals surface area contributed by atoms with E-state index in [-0.39, 0.29) is 17.2 Å². The fraction of sp³-hybridized carbons (Fsp3) is 0.111. The fourth-order valence-corrected chi connectivity index (χ4v) is 2.76. The molecule has 92 valence electrons. The third-order valence-corrected chi connectivity index (χ3v) is 3.65. The predicted octanol–water partition coefficient (Wildman–Crippen LogP) is 1.40. The smallest absolute Gasteiger partial charge is 0.241 e. The first-order valence-electron chi connectivity index (χ1n) is 4.96. The first-order valence-corrected chi connectivity index (χ1v) is 6.21. The quantitative estimate of drug-likeness (QED) is 0.653. The predicted molar refractivity (Wildman–Crippen MR) is 70.9 cm³/mol. The minimum absolute atomic E-state index is 0.0867. The summed E-state index contributed by atoms with van der Waals surface area (Å²) in [4.78, 5) is 12.2. The lowest BCUT2D eigenvalue weighted by molar-refractivity contribution is 0.866. The van der Waals surface area contributed by atoms with Crippen LogP contribution in [-0.4, -0.2) is 24.7 Å². The summed E-state index contributed by atoms with van der Waals surface area (Å²) >= 11 is 7.40. The molecule has 0 aliphatic carbocycles. The number of rotatable bonds is 1. The van der Waals surface area contributed by atoms with Crippen LogP contribution in [-0.2, 0) is 0 Å². The van der Waals surface area contributed by atoms with Gasteiger partial charge in [0.1, 0.15) is 0 Å². The molecule has 0 radical (unpaired) electrons. The van der Waals surface area contributed by atoms with Gasteiger partial charge in [0.15, 0.2) is 5.82 Å². The van der Waals surface area contributed by atoms with Crippen molar-refractivity contribution in [3.8, 4) is 5.82 Å². The first kappa shape index (κ1) is 11.2. The molecule has 0 spiro atoms. The van der Waals surface area contributed by atoms with Crippen molar-refractivity contribution in [1.29, 1.82) is 0 Å². The first-order chi connectivity index (χ1) is 8.56. The van der Waals surface area contributed by atoms with Crippen molar-refractivity contribution >= 4 is 45.1 Å². The number of nitrogens with two attached hydrogens (primary N) is 2. The Hall–Kier alpha value is -1.93. The molecule has 0 unspecified atom stereocenters. The second-order valence-corrected chi connectivity index (χ2v) is 4.87. The van der Waals surface area contributed by atoms with Gasteiger partial charge in [0.2, 0.25) is 17.2 Å². The van der Waals surface area contributed by atoms with E-state index in [0.717, 1.165) is 15.8 Å². The van der Waals surface area contributed by atoms with Gasteiger partial charge in [-0.15, -0.1) is 16.4 Å². The molecule has 3 heterocycles. The SMILES string of the molecule is Cc1csc2c(-n3nc(N)nc3N)nc(Cl)nc12. The second kappa shape index (κ2) is 3.79. The molecule has 0 fully saturated rings. The second-order valence-electron chi connectivity index (χ2n) is 3.65. The Morgan fingerprint density at radius 2 is 2.06 bits per heavy atom. The summed E-state index contributed by atoms with van der Waals surface area (Å²) in [5, 5.41) is 6.10.